The quantitative estimate of drug-likeness (QED) is 0.790. The van der Waals surface area contributed by atoms with Crippen LogP contribution < -0.4 is 0 Å². The first-order valence-electron chi connectivity index (χ1n) is 7.27. The second-order valence-electron chi connectivity index (χ2n) is 5.51. The topological polar surface area (TPSA) is 30.0 Å². The van der Waals surface area contributed by atoms with Crippen LogP contribution in [0.25, 0.3) is 0 Å². The normalized spacial score (nSPS) is 18.6. The Morgan fingerprint density at radius 3 is 3.00 bits per heavy atom. The number of aromatic nitrogens is 1. The van der Waals surface area contributed by atoms with Gasteiger partial charge in [0.2, 0.25) is 0 Å². The van der Waals surface area contributed by atoms with Gasteiger partial charge in [0.1, 0.15) is 0 Å². The van der Waals surface area contributed by atoms with Crippen LogP contribution in [-0.4, -0.2) is 10.8 Å². The molecule has 0 spiro atoms. The number of hydrogen-bond donors (Lipinski definition) is 0. The van der Waals surface area contributed by atoms with Gasteiger partial charge in [-0.1, -0.05) is 24.3 Å². The van der Waals surface area contributed by atoms with Gasteiger partial charge >= 0.3 is 0 Å². The fourth-order valence-corrected chi connectivity index (χ4v) is 3.81. The minimum absolute atomic E-state index is 0.181. The number of fused-ring (bicyclic) bond motifs is 1. The number of benzene rings is 1. The first-order valence-corrected chi connectivity index (χ1v) is 8.15. The van der Waals surface area contributed by atoms with Gasteiger partial charge in [-0.3, -0.25) is 4.79 Å². The van der Waals surface area contributed by atoms with E-state index in [2.05, 4.69) is 18.0 Å². The predicted octanol–water partition coefficient (Wildman–Crippen LogP) is 4.22. The number of carbonyl (C=O) groups excluding carboxylic acids is 1. The Hall–Kier alpha value is -1.48. The molecule has 3 heteroatoms. The number of Topliss-reactive ketones (excluding diaryl/α,β-unsaturated/α-hetero) is 1. The SMILES string of the molecule is Cc1ncsc1CCC1CCCc2ccccc2C1=O. The highest BCUT2D eigenvalue weighted by Crippen LogP contribution is 2.28. The number of hydrogen-bond acceptors (Lipinski definition) is 3. The lowest BCUT2D eigenvalue weighted by Gasteiger charge is -2.13. The molecule has 0 radical (unpaired) electrons. The molecule has 0 N–H and O–H groups in total. The Balaban J connectivity index is 1.74. The summed E-state index contributed by atoms with van der Waals surface area (Å²) in [5.74, 6) is 0.528. The van der Waals surface area contributed by atoms with Crippen molar-refractivity contribution in [1.82, 2.24) is 4.98 Å². The van der Waals surface area contributed by atoms with Gasteiger partial charge in [0, 0.05) is 16.4 Å². The van der Waals surface area contributed by atoms with Crippen molar-refractivity contribution in [3.63, 3.8) is 0 Å². The van der Waals surface area contributed by atoms with Crippen molar-refractivity contribution in [2.24, 2.45) is 5.92 Å². The summed E-state index contributed by atoms with van der Waals surface area (Å²) in [4.78, 5) is 18.3. The Bertz CT molecular complexity index is 617. The third-order valence-electron chi connectivity index (χ3n) is 4.22. The molecule has 20 heavy (non-hydrogen) atoms. The van der Waals surface area contributed by atoms with Gasteiger partial charge in [-0.05, 0) is 44.6 Å². The van der Waals surface area contributed by atoms with Gasteiger partial charge in [-0.2, -0.15) is 0 Å². The molecule has 1 aliphatic carbocycles. The predicted molar refractivity (Wildman–Crippen MR) is 82.4 cm³/mol. The van der Waals surface area contributed by atoms with Gasteiger partial charge in [0.15, 0.2) is 5.78 Å². The van der Waals surface area contributed by atoms with Crippen molar-refractivity contribution in [1.29, 1.82) is 0 Å². The van der Waals surface area contributed by atoms with E-state index in [-0.39, 0.29) is 5.92 Å². The van der Waals surface area contributed by atoms with E-state index in [9.17, 15) is 4.79 Å². The van der Waals surface area contributed by atoms with Crippen LogP contribution in [-0.2, 0) is 12.8 Å². The van der Waals surface area contributed by atoms with E-state index < -0.39 is 0 Å². The molecule has 104 valence electrons. The van der Waals surface area contributed by atoms with Crippen LogP contribution in [0.4, 0.5) is 0 Å². The Morgan fingerprint density at radius 2 is 2.20 bits per heavy atom. The van der Waals surface area contributed by atoms with Crippen LogP contribution in [0.2, 0.25) is 0 Å². The summed E-state index contributed by atoms with van der Waals surface area (Å²) in [6.45, 7) is 2.05. The molecule has 0 amide bonds. The van der Waals surface area contributed by atoms with Crippen molar-refractivity contribution < 1.29 is 4.79 Å². The molecule has 3 rings (SSSR count). The monoisotopic (exact) mass is 285 g/mol. The summed E-state index contributed by atoms with van der Waals surface area (Å²) in [5.41, 5.74) is 5.20. The zero-order chi connectivity index (χ0) is 13.9. The third kappa shape index (κ3) is 2.68. The Morgan fingerprint density at radius 1 is 1.35 bits per heavy atom. The lowest BCUT2D eigenvalue weighted by Crippen LogP contribution is -2.15. The van der Waals surface area contributed by atoms with Crippen LogP contribution in [0.15, 0.2) is 29.8 Å². The van der Waals surface area contributed by atoms with E-state index in [1.165, 1.54) is 10.4 Å². The van der Waals surface area contributed by atoms with E-state index >= 15 is 0 Å². The van der Waals surface area contributed by atoms with Crippen LogP contribution in [0.1, 0.15) is 45.8 Å². The highest BCUT2D eigenvalue weighted by atomic mass is 32.1. The first-order chi connectivity index (χ1) is 9.75. The van der Waals surface area contributed by atoms with Crippen LogP contribution in [0, 0.1) is 12.8 Å². The van der Waals surface area contributed by atoms with Crippen LogP contribution in [0.3, 0.4) is 0 Å². The third-order valence-corrected chi connectivity index (χ3v) is 5.21. The van der Waals surface area contributed by atoms with Crippen molar-refractivity contribution in [2.75, 3.05) is 0 Å². The molecule has 0 bridgehead atoms. The van der Waals surface area contributed by atoms with Gasteiger partial charge in [0.05, 0.1) is 11.2 Å². The van der Waals surface area contributed by atoms with E-state index in [0.717, 1.165) is 43.4 Å². The molecule has 1 atom stereocenters. The minimum Gasteiger partial charge on any atom is -0.294 e. The van der Waals surface area contributed by atoms with Gasteiger partial charge in [-0.25, -0.2) is 4.98 Å². The maximum atomic E-state index is 12.7. The summed E-state index contributed by atoms with van der Waals surface area (Å²) < 4.78 is 0. The maximum Gasteiger partial charge on any atom is 0.166 e. The molecule has 0 aliphatic heterocycles. The Kier molecular flexibility index (Phi) is 3.97. The molecule has 1 aromatic carbocycles. The maximum absolute atomic E-state index is 12.7. The summed E-state index contributed by atoms with van der Waals surface area (Å²) in [7, 11) is 0. The molecule has 2 nitrogen and oxygen atoms in total. The standard InChI is InChI=1S/C17H19NOS/c1-12-16(20-11-18-12)10-9-14-7-4-6-13-5-2-3-8-15(13)17(14)19/h2-3,5,8,11,14H,4,6-7,9-10H2,1H3. The molecule has 1 aliphatic rings. The number of aryl methyl sites for hydroxylation is 3. The average molecular weight is 285 g/mol. The van der Waals surface area contributed by atoms with E-state index in [1.54, 1.807) is 11.3 Å². The minimum atomic E-state index is 0.181. The van der Waals surface area contributed by atoms with E-state index in [4.69, 9.17) is 0 Å². The summed E-state index contributed by atoms with van der Waals surface area (Å²) in [6.07, 6.45) is 5.11. The summed E-state index contributed by atoms with van der Waals surface area (Å²) in [5, 5.41) is 0. The zero-order valence-electron chi connectivity index (χ0n) is 11.8. The number of carbonyl (C=O) groups is 1. The highest BCUT2D eigenvalue weighted by Gasteiger charge is 2.25. The zero-order valence-corrected chi connectivity index (χ0v) is 12.6. The molecule has 0 fully saturated rings. The molecule has 1 aromatic heterocycles. The Labute approximate surface area is 123 Å². The first kappa shape index (κ1) is 13.5. The second-order valence-corrected chi connectivity index (χ2v) is 6.45. The fourth-order valence-electron chi connectivity index (χ4n) is 3.02. The molecule has 2 aromatic rings. The molecule has 1 heterocycles. The van der Waals surface area contributed by atoms with E-state index in [0.29, 0.717) is 5.78 Å². The van der Waals surface area contributed by atoms with Crippen molar-refractivity contribution in [2.45, 2.75) is 39.0 Å². The summed E-state index contributed by atoms with van der Waals surface area (Å²) in [6, 6.07) is 8.11. The second kappa shape index (κ2) is 5.88. The number of nitrogens with zero attached hydrogens (tertiary/aromatic N) is 1. The number of rotatable bonds is 3. The van der Waals surface area contributed by atoms with Crippen LogP contribution >= 0.6 is 11.3 Å². The lowest BCUT2D eigenvalue weighted by atomic mass is 9.91. The summed E-state index contributed by atoms with van der Waals surface area (Å²) >= 11 is 1.71. The van der Waals surface area contributed by atoms with E-state index in [1.807, 2.05) is 23.7 Å². The van der Waals surface area contributed by atoms with Crippen molar-refractivity contribution in [3.8, 4) is 0 Å². The highest BCUT2D eigenvalue weighted by molar-refractivity contribution is 7.09. The number of ketones is 1. The average Bonchev–Trinajstić information content (AvgIpc) is 2.80. The fraction of sp³-hybridized carbons (Fsp3) is 0.412. The molecular weight excluding hydrogens is 266 g/mol. The van der Waals surface area contributed by atoms with Gasteiger partial charge in [-0.15, -0.1) is 11.3 Å². The van der Waals surface area contributed by atoms with Crippen molar-refractivity contribution in [3.05, 3.63) is 51.5 Å². The van der Waals surface area contributed by atoms with Gasteiger partial charge in [0.25, 0.3) is 0 Å². The lowest BCUT2D eigenvalue weighted by molar-refractivity contribution is 0.0909. The molecule has 1 unspecified atom stereocenters. The van der Waals surface area contributed by atoms with Crippen molar-refractivity contribution >= 4 is 17.1 Å². The largest absolute Gasteiger partial charge is 0.294 e. The number of thiazole rings is 1. The molecule has 0 saturated carbocycles. The molecule has 0 saturated heterocycles. The molecular formula is C17H19NOS. The smallest absolute Gasteiger partial charge is 0.166 e. The van der Waals surface area contributed by atoms with Gasteiger partial charge < -0.3 is 0 Å². The van der Waals surface area contributed by atoms with Crippen LogP contribution in [0.5, 0.6) is 0 Å².